The first kappa shape index (κ1) is 11.0. The fourth-order valence-corrected chi connectivity index (χ4v) is 2.93. The summed E-state index contributed by atoms with van der Waals surface area (Å²) in [6.07, 6.45) is -1.25. The minimum Gasteiger partial charge on any atom is -0.337 e. The average molecular weight is 247 g/mol. The van der Waals surface area contributed by atoms with E-state index in [2.05, 4.69) is 15.5 Å². The maximum atomic E-state index is 12.4. The molecule has 1 saturated carbocycles. The summed E-state index contributed by atoms with van der Waals surface area (Å²) in [6, 6.07) is -0.203. The molecule has 1 saturated heterocycles. The molecular formula is C10H12F3N3O. The van der Waals surface area contributed by atoms with Crippen LogP contribution in [0.15, 0.2) is 4.52 Å². The van der Waals surface area contributed by atoms with Gasteiger partial charge in [-0.3, -0.25) is 0 Å². The van der Waals surface area contributed by atoms with Gasteiger partial charge in [0.2, 0.25) is 5.89 Å². The van der Waals surface area contributed by atoms with Gasteiger partial charge in [0.05, 0.1) is 6.04 Å². The van der Waals surface area contributed by atoms with E-state index in [0.29, 0.717) is 11.8 Å². The Morgan fingerprint density at radius 2 is 2.12 bits per heavy atom. The van der Waals surface area contributed by atoms with Crippen LogP contribution in [0.2, 0.25) is 0 Å². The molecule has 1 aromatic heterocycles. The molecule has 0 amide bonds. The number of halogens is 3. The largest absolute Gasteiger partial charge is 0.455 e. The summed E-state index contributed by atoms with van der Waals surface area (Å²) in [7, 11) is 0. The minimum absolute atomic E-state index is 0.0757. The molecule has 17 heavy (non-hydrogen) atoms. The Bertz CT molecular complexity index is 417. The van der Waals surface area contributed by atoms with Gasteiger partial charge in [-0.05, 0) is 31.2 Å². The third-order valence-corrected chi connectivity index (χ3v) is 3.71. The number of nitrogens with one attached hydrogen (secondary N) is 1. The monoisotopic (exact) mass is 247 g/mol. The lowest BCUT2D eigenvalue weighted by atomic mass is 9.94. The Balaban J connectivity index is 1.83. The Morgan fingerprint density at radius 3 is 2.82 bits per heavy atom. The lowest BCUT2D eigenvalue weighted by Gasteiger charge is -2.13. The Labute approximate surface area is 95.6 Å². The molecule has 7 heteroatoms. The van der Waals surface area contributed by atoms with Gasteiger partial charge in [-0.2, -0.15) is 18.2 Å². The van der Waals surface area contributed by atoms with Crippen LogP contribution in [-0.4, -0.2) is 16.7 Å². The van der Waals surface area contributed by atoms with Gasteiger partial charge in [-0.1, -0.05) is 11.6 Å². The molecule has 3 unspecified atom stereocenters. The molecule has 0 spiro atoms. The van der Waals surface area contributed by atoms with Crippen molar-refractivity contribution in [3.05, 3.63) is 11.7 Å². The fraction of sp³-hybridized carbons (Fsp3) is 0.800. The standard InChI is InChI=1S/C10H12F3N3O/c11-10(12,13)9-15-8(17-16-9)7-6-3-1-2-5(6)4-14-7/h5-7,14H,1-4H2. The van der Waals surface area contributed by atoms with Gasteiger partial charge in [-0.15, -0.1) is 0 Å². The van der Waals surface area contributed by atoms with Gasteiger partial charge >= 0.3 is 6.18 Å². The molecule has 4 nitrogen and oxygen atoms in total. The van der Waals surface area contributed by atoms with Crippen molar-refractivity contribution in [1.82, 2.24) is 15.5 Å². The van der Waals surface area contributed by atoms with E-state index < -0.39 is 12.0 Å². The van der Waals surface area contributed by atoms with Crippen molar-refractivity contribution < 1.29 is 17.7 Å². The van der Waals surface area contributed by atoms with Crippen LogP contribution in [0.25, 0.3) is 0 Å². The van der Waals surface area contributed by atoms with Crippen molar-refractivity contribution in [3.8, 4) is 0 Å². The Hall–Kier alpha value is -1.11. The predicted octanol–water partition coefficient (Wildman–Crippen LogP) is 2.15. The molecule has 1 aliphatic carbocycles. The van der Waals surface area contributed by atoms with Crippen LogP contribution in [0, 0.1) is 11.8 Å². The average Bonchev–Trinajstić information content (AvgIpc) is 2.91. The third-order valence-electron chi connectivity index (χ3n) is 3.71. The number of nitrogens with zero attached hydrogens (tertiary/aromatic N) is 2. The van der Waals surface area contributed by atoms with Gasteiger partial charge in [0.25, 0.3) is 5.82 Å². The van der Waals surface area contributed by atoms with E-state index in [9.17, 15) is 13.2 Å². The molecule has 3 rings (SSSR count). The number of fused-ring (bicyclic) bond motifs is 1. The normalized spacial score (nSPS) is 33.0. The number of aromatic nitrogens is 2. The predicted molar refractivity (Wildman–Crippen MR) is 50.9 cm³/mol. The smallest absolute Gasteiger partial charge is 0.337 e. The molecule has 2 heterocycles. The maximum Gasteiger partial charge on any atom is 0.455 e. The number of rotatable bonds is 1. The van der Waals surface area contributed by atoms with Crippen molar-refractivity contribution >= 4 is 0 Å². The Kier molecular flexibility index (Phi) is 2.39. The summed E-state index contributed by atoms with van der Waals surface area (Å²) in [6.45, 7) is 0.832. The van der Waals surface area contributed by atoms with E-state index in [1.165, 1.54) is 0 Å². The van der Waals surface area contributed by atoms with Crippen LogP contribution in [0.5, 0.6) is 0 Å². The summed E-state index contributed by atoms with van der Waals surface area (Å²) >= 11 is 0. The van der Waals surface area contributed by atoms with Gasteiger partial charge < -0.3 is 9.84 Å². The highest BCUT2D eigenvalue weighted by Crippen LogP contribution is 2.44. The zero-order valence-electron chi connectivity index (χ0n) is 9.00. The molecule has 2 fully saturated rings. The van der Waals surface area contributed by atoms with E-state index in [4.69, 9.17) is 4.52 Å². The number of hydrogen-bond donors (Lipinski definition) is 1. The SMILES string of the molecule is FC(F)(F)c1noc(C2NCC3CCCC32)n1. The van der Waals surface area contributed by atoms with Crippen LogP contribution in [0.4, 0.5) is 13.2 Å². The van der Waals surface area contributed by atoms with Gasteiger partial charge in [0, 0.05) is 0 Å². The van der Waals surface area contributed by atoms with Crippen LogP contribution in [0.1, 0.15) is 37.0 Å². The molecule has 0 aromatic carbocycles. The van der Waals surface area contributed by atoms with Gasteiger partial charge in [0.1, 0.15) is 0 Å². The molecule has 3 atom stereocenters. The first-order valence-electron chi connectivity index (χ1n) is 5.70. The summed E-state index contributed by atoms with van der Waals surface area (Å²) in [5.74, 6) is -0.222. The van der Waals surface area contributed by atoms with Gasteiger partial charge in [0.15, 0.2) is 0 Å². The third kappa shape index (κ3) is 1.82. The molecule has 2 aliphatic rings. The second-order valence-corrected chi connectivity index (χ2v) is 4.69. The van der Waals surface area contributed by atoms with E-state index in [1.54, 1.807) is 0 Å². The Morgan fingerprint density at radius 1 is 1.29 bits per heavy atom. The van der Waals surface area contributed by atoms with Crippen molar-refractivity contribution in [2.75, 3.05) is 6.54 Å². The molecule has 1 aliphatic heterocycles. The molecule has 1 N–H and O–H groups in total. The maximum absolute atomic E-state index is 12.4. The zero-order valence-corrected chi connectivity index (χ0v) is 9.00. The molecule has 0 radical (unpaired) electrons. The quantitative estimate of drug-likeness (QED) is 0.826. The van der Waals surface area contributed by atoms with E-state index in [1.807, 2.05) is 0 Å². The molecule has 1 aromatic rings. The summed E-state index contributed by atoms with van der Waals surface area (Å²) in [5.41, 5.74) is 0. The van der Waals surface area contributed by atoms with Crippen molar-refractivity contribution in [1.29, 1.82) is 0 Å². The van der Waals surface area contributed by atoms with Crippen LogP contribution in [0.3, 0.4) is 0 Å². The summed E-state index contributed by atoms with van der Waals surface area (Å²) < 4.78 is 41.8. The van der Waals surface area contributed by atoms with Crippen LogP contribution < -0.4 is 5.32 Å². The highest BCUT2D eigenvalue weighted by molar-refractivity contribution is 5.04. The number of hydrogen-bond acceptors (Lipinski definition) is 4. The fourth-order valence-electron chi connectivity index (χ4n) is 2.93. The number of alkyl halides is 3. The first-order chi connectivity index (χ1) is 8.05. The van der Waals surface area contributed by atoms with E-state index in [0.717, 1.165) is 25.8 Å². The van der Waals surface area contributed by atoms with Crippen LogP contribution >= 0.6 is 0 Å². The highest BCUT2D eigenvalue weighted by atomic mass is 19.4. The van der Waals surface area contributed by atoms with Crippen molar-refractivity contribution in [2.24, 2.45) is 11.8 Å². The second-order valence-electron chi connectivity index (χ2n) is 4.69. The molecular weight excluding hydrogens is 235 g/mol. The lowest BCUT2D eigenvalue weighted by molar-refractivity contribution is -0.146. The van der Waals surface area contributed by atoms with E-state index >= 15 is 0 Å². The summed E-state index contributed by atoms with van der Waals surface area (Å²) in [4.78, 5) is 3.46. The van der Waals surface area contributed by atoms with Crippen molar-refractivity contribution in [2.45, 2.75) is 31.5 Å². The lowest BCUT2D eigenvalue weighted by Crippen LogP contribution is -2.18. The first-order valence-corrected chi connectivity index (χ1v) is 5.70. The van der Waals surface area contributed by atoms with E-state index in [-0.39, 0.29) is 11.9 Å². The molecule has 94 valence electrons. The van der Waals surface area contributed by atoms with Gasteiger partial charge in [-0.25, -0.2) is 0 Å². The minimum atomic E-state index is -4.53. The summed E-state index contributed by atoms with van der Waals surface area (Å²) in [5, 5.41) is 6.17. The second kappa shape index (κ2) is 3.69. The topological polar surface area (TPSA) is 51.0 Å². The van der Waals surface area contributed by atoms with Crippen molar-refractivity contribution in [3.63, 3.8) is 0 Å². The molecule has 0 bridgehead atoms. The zero-order chi connectivity index (χ0) is 12.0. The highest BCUT2D eigenvalue weighted by Gasteiger charge is 2.44. The van der Waals surface area contributed by atoms with Crippen LogP contribution in [-0.2, 0) is 6.18 Å².